The summed E-state index contributed by atoms with van der Waals surface area (Å²) in [5.74, 6) is -0.285. The minimum absolute atomic E-state index is 0.0534. The summed E-state index contributed by atoms with van der Waals surface area (Å²) < 4.78 is 0. The van der Waals surface area contributed by atoms with Crippen molar-refractivity contribution in [1.82, 2.24) is 15.5 Å². The minimum Gasteiger partial charge on any atom is -0.347 e. The Hall–Kier alpha value is -2.34. The van der Waals surface area contributed by atoms with E-state index in [-0.39, 0.29) is 24.3 Å². The quantitative estimate of drug-likeness (QED) is 0.907. The molecule has 0 spiro atoms. The van der Waals surface area contributed by atoms with E-state index in [9.17, 15) is 9.59 Å². The second-order valence-corrected chi connectivity index (χ2v) is 5.65. The van der Waals surface area contributed by atoms with Gasteiger partial charge >= 0.3 is 0 Å². The van der Waals surface area contributed by atoms with Gasteiger partial charge in [-0.2, -0.15) is 5.10 Å². The molecule has 0 saturated carbocycles. The Kier molecular flexibility index (Phi) is 3.85. The molecule has 1 aliphatic heterocycles. The van der Waals surface area contributed by atoms with Crippen LogP contribution in [0, 0.1) is 6.92 Å². The molecule has 1 saturated heterocycles. The van der Waals surface area contributed by atoms with Gasteiger partial charge in [0.05, 0.1) is 28.5 Å². The molecule has 1 aromatic heterocycles. The zero-order valence-electron chi connectivity index (χ0n) is 12.0. The fourth-order valence-corrected chi connectivity index (χ4v) is 2.79. The number of carbonyl (C=O) groups excluding carboxylic acids is 2. The van der Waals surface area contributed by atoms with Gasteiger partial charge in [-0.25, -0.2) is 0 Å². The van der Waals surface area contributed by atoms with E-state index < -0.39 is 0 Å². The first-order valence-electron chi connectivity index (χ1n) is 6.92. The maximum atomic E-state index is 12.2. The summed E-state index contributed by atoms with van der Waals surface area (Å²) in [5, 5.41) is 9.93. The molecule has 0 aliphatic carbocycles. The molecule has 0 bridgehead atoms. The number of amides is 2. The molecule has 1 unspecified atom stereocenters. The molecule has 3 rings (SSSR count). The summed E-state index contributed by atoms with van der Waals surface area (Å²) in [6.45, 7) is 2.18. The Balaban J connectivity index is 1.71. The van der Waals surface area contributed by atoms with Gasteiger partial charge in [0.2, 0.25) is 5.91 Å². The molecule has 2 aromatic rings. The summed E-state index contributed by atoms with van der Waals surface area (Å²) in [7, 11) is 0. The number of hydrogen-bond acceptors (Lipinski definition) is 3. The summed E-state index contributed by atoms with van der Waals surface area (Å²) in [6, 6.07) is 6.93. The standard InChI is InChI=1S/C15H15ClN4O2/c1-9-11(7-17-19-9)15(22)18-10-6-14(21)20(8-10)13-5-3-2-4-12(13)16/h2-5,7,10H,6,8H2,1H3,(H,17,19)(H,18,22). The molecule has 114 valence electrons. The Morgan fingerprint density at radius 1 is 1.45 bits per heavy atom. The average molecular weight is 319 g/mol. The second kappa shape index (κ2) is 5.81. The third-order valence-electron chi connectivity index (χ3n) is 3.68. The number of benzene rings is 1. The van der Waals surface area contributed by atoms with Crippen molar-refractivity contribution in [3.05, 3.63) is 46.7 Å². The number of aromatic amines is 1. The van der Waals surface area contributed by atoms with Crippen LogP contribution in [0.3, 0.4) is 0 Å². The number of rotatable bonds is 3. The zero-order chi connectivity index (χ0) is 15.7. The van der Waals surface area contributed by atoms with Crippen molar-refractivity contribution in [3.8, 4) is 0 Å². The fraction of sp³-hybridized carbons (Fsp3) is 0.267. The van der Waals surface area contributed by atoms with E-state index in [1.807, 2.05) is 12.1 Å². The van der Waals surface area contributed by atoms with E-state index in [4.69, 9.17) is 11.6 Å². The number of aromatic nitrogens is 2. The van der Waals surface area contributed by atoms with E-state index in [2.05, 4.69) is 15.5 Å². The Labute approximate surface area is 132 Å². The van der Waals surface area contributed by atoms with Crippen molar-refractivity contribution in [2.45, 2.75) is 19.4 Å². The smallest absolute Gasteiger partial charge is 0.255 e. The Bertz CT molecular complexity index is 728. The number of para-hydroxylation sites is 1. The second-order valence-electron chi connectivity index (χ2n) is 5.24. The number of H-pyrrole nitrogens is 1. The predicted molar refractivity (Wildman–Crippen MR) is 83.0 cm³/mol. The molecule has 1 atom stereocenters. The first-order chi connectivity index (χ1) is 10.6. The largest absolute Gasteiger partial charge is 0.347 e. The number of aryl methyl sites for hydroxylation is 1. The monoisotopic (exact) mass is 318 g/mol. The van der Waals surface area contributed by atoms with Crippen LogP contribution in [-0.2, 0) is 4.79 Å². The lowest BCUT2D eigenvalue weighted by Crippen LogP contribution is -2.37. The first kappa shape index (κ1) is 14.6. The van der Waals surface area contributed by atoms with Gasteiger partial charge in [0.25, 0.3) is 5.91 Å². The van der Waals surface area contributed by atoms with Crippen molar-refractivity contribution < 1.29 is 9.59 Å². The van der Waals surface area contributed by atoms with Crippen molar-refractivity contribution in [3.63, 3.8) is 0 Å². The summed E-state index contributed by atoms with van der Waals surface area (Å²) >= 11 is 6.13. The molecule has 0 radical (unpaired) electrons. The van der Waals surface area contributed by atoms with Crippen molar-refractivity contribution in [2.75, 3.05) is 11.4 Å². The fourth-order valence-electron chi connectivity index (χ4n) is 2.55. The van der Waals surface area contributed by atoms with E-state index in [1.54, 1.807) is 24.0 Å². The van der Waals surface area contributed by atoms with Crippen LogP contribution in [0.1, 0.15) is 22.5 Å². The van der Waals surface area contributed by atoms with Crippen LogP contribution in [0.2, 0.25) is 5.02 Å². The van der Waals surface area contributed by atoms with Crippen LogP contribution in [0.25, 0.3) is 0 Å². The number of carbonyl (C=O) groups is 2. The summed E-state index contributed by atoms with van der Waals surface area (Å²) in [5.41, 5.74) is 1.86. The van der Waals surface area contributed by atoms with Gasteiger partial charge in [-0.1, -0.05) is 23.7 Å². The molecule has 6 nitrogen and oxygen atoms in total. The van der Waals surface area contributed by atoms with Gasteiger partial charge in [0.1, 0.15) is 0 Å². The van der Waals surface area contributed by atoms with Crippen molar-refractivity contribution >= 4 is 29.1 Å². The highest BCUT2D eigenvalue weighted by Gasteiger charge is 2.32. The van der Waals surface area contributed by atoms with Crippen LogP contribution < -0.4 is 10.2 Å². The highest BCUT2D eigenvalue weighted by molar-refractivity contribution is 6.33. The lowest BCUT2D eigenvalue weighted by atomic mass is 10.2. The number of nitrogens with zero attached hydrogens (tertiary/aromatic N) is 2. The van der Waals surface area contributed by atoms with E-state index in [0.29, 0.717) is 28.5 Å². The SMILES string of the molecule is Cc1[nH]ncc1C(=O)NC1CC(=O)N(c2ccccc2Cl)C1. The number of hydrogen-bond donors (Lipinski definition) is 2. The third-order valence-corrected chi connectivity index (χ3v) is 4.00. The molecular weight excluding hydrogens is 304 g/mol. The topological polar surface area (TPSA) is 78.1 Å². The molecule has 7 heteroatoms. The molecule has 2 amide bonds. The Morgan fingerprint density at radius 3 is 2.91 bits per heavy atom. The highest BCUT2D eigenvalue weighted by Crippen LogP contribution is 2.29. The molecule has 22 heavy (non-hydrogen) atoms. The van der Waals surface area contributed by atoms with Crippen molar-refractivity contribution in [1.29, 1.82) is 0 Å². The summed E-state index contributed by atoms with van der Waals surface area (Å²) in [4.78, 5) is 25.9. The Morgan fingerprint density at radius 2 is 2.23 bits per heavy atom. The maximum absolute atomic E-state index is 12.2. The van der Waals surface area contributed by atoms with Crippen molar-refractivity contribution in [2.24, 2.45) is 0 Å². The van der Waals surface area contributed by atoms with Gasteiger partial charge in [-0.05, 0) is 19.1 Å². The van der Waals surface area contributed by atoms with Gasteiger partial charge in [0.15, 0.2) is 0 Å². The predicted octanol–water partition coefficient (Wildman–Crippen LogP) is 1.91. The zero-order valence-corrected chi connectivity index (χ0v) is 12.7. The van der Waals surface area contributed by atoms with Gasteiger partial charge < -0.3 is 10.2 Å². The number of anilines is 1. The highest BCUT2D eigenvalue weighted by atomic mass is 35.5. The summed E-state index contributed by atoms with van der Waals surface area (Å²) in [6.07, 6.45) is 1.74. The van der Waals surface area contributed by atoms with Gasteiger partial charge in [0, 0.05) is 18.7 Å². The van der Waals surface area contributed by atoms with E-state index >= 15 is 0 Å². The first-order valence-corrected chi connectivity index (χ1v) is 7.30. The van der Waals surface area contributed by atoms with Gasteiger partial charge in [-0.15, -0.1) is 0 Å². The molecule has 2 N–H and O–H groups in total. The maximum Gasteiger partial charge on any atom is 0.255 e. The van der Waals surface area contributed by atoms with Crippen LogP contribution in [-0.4, -0.2) is 34.6 Å². The third kappa shape index (κ3) is 2.69. The molecule has 1 aliphatic rings. The molecule has 1 fully saturated rings. The van der Waals surface area contributed by atoms with E-state index in [0.717, 1.165) is 0 Å². The normalized spacial score (nSPS) is 17.8. The molecule has 2 heterocycles. The average Bonchev–Trinajstić information content (AvgIpc) is 3.05. The number of halogens is 1. The van der Waals surface area contributed by atoms with Crippen LogP contribution >= 0.6 is 11.6 Å². The molecular formula is C15H15ClN4O2. The van der Waals surface area contributed by atoms with E-state index in [1.165, 1.54) is 6.20 Å². The minimum atomic E-state index is -0.245. The number of nitrogens with one attached hydrogen (secondary N) is 2. The van der Waals surface area contributed by atoms with Crippen LogP contribution in [0.15, 0.2) is 30.5 Å². The van der Waals surface area contributed by atoms with Gasteiger partial charge in [-0.3, -0.25) is 14.7 Å². The lowest BCUT2D eigenvalue weighted by Gasteiger charge is -2.18. The molecule has 1 aromatic carbocycles. The van der Waals surface area contributed by atoms with Crippen LogP contribution in [0.5, 0.6) is 0 Å². The van der Waals surface area contributed by atoms with Crippen LogP contribution in [0.4, 0.5) is 5.69 Å². The lowest BCUT2D eigenvalue weighted by molar-refractivity contribution is -0.117.